The monoisotopic (exact) mass is 1500 g/mol. The number of rotatable bonds is 13. The molecular weight excluding hydrogens is 1380 g/mol. The fourth-order valence-corrected chi connectivity index (χ4v) is 17.7. The largest absolute Gasteiger partial charge is 0.393 e. The number of alkyl halides is 4. The summed E-state index contributed by atoms with van der Waals surface area (Å²) in [6, 6.07) is -10.1. The van der Waals surface area contributed by atoms with Crippen molar-refractivity contribution in [1.29, 1.82) is 0 Å². The molecule has 0 aromatic carbocycles. The normalized spacial score (nSPS) is 31.8. The number of nitrogens with one attached hydrogen (secondary N) is 3. The molecule has 4 saturated carbocycles. The molecule has 7 rings (SSSR count). The molecule has 29 heteroatoms. The predicted molar refractivity (Wildman–Crippen MR) is 390 cm³/mol. The summed E-state index contributed by atoms with van der Waals surface area (Å²) < 4.78 is 48.5. The Hall–Kier alpha value is -6.58. The number of amides is 12. The molecule has 12 amide bonds. The number of carbonyl (C=O) groups is 12. The van der Waals surface area contributed by atoms with Crippen molar-refractivity contribution in [3.8, 4) is 0 Å². The van der Waals surface area contributed by atoms with Crippen molar-refractivity contribution in [1.82, 2.24) is 60.0 Å². The highest BCUT2D eigenvalue weighted by Crippen LogP contribution is 2.44. The van der Waals surface area contributed by atoms with Gasteiger partial charge in [-0.2, -0.15) is 13.2 Å². The molecule has 1 spiro atoms. The van der Waals surface area contributed by atoms with E-state index >= 15 is 28.8 Å². The zero-order chi connectivity index (χ0) is 77.7. The minimum Gasteiger partial charge on any atom is -0.377 e. The Morgan fingerprint density at radius 3 is 1.91 bits per heavy atom. The standard InChI is InChI=1S/C76H122ClF3N12O13/c1-15-48(6)64-72(102)86(10)45-63(95)87(11)56-26-18-17-23-37-91(71(56)101)60(40-50-29-27-47(5)28-30-50)70(100)85(9)44-61(93)81-55(34-32-49-31-33-53(54(77)39-49)76(78,79)80)68(98)92-43-52(105-16-2)41-58(92)67(97)83-75(35-21-22-36-75)74(104)90(14)65(51-24-19-20-25-51)73(103)89(13)59(69(99)84(7)8)42-62(94)88(12)57(38-46(3)4)66(96)82-64/h17-18,46-60,64-65H,15-16,19-45H2,1-14H3,(H,81,93)(H,82,96)(H,83,97)/b18-17-/t47?,48-,49?,50?,52+,53?,54?,55-,56-,57-,58-,59-,60-,64-,65-/m0/s1. The predicted octanol–water partition coefficient (Wildman–Crippen LogP) is 6.52. The molecule has 3 heterocycles. The van der Waals surface area contributed by atoms with E-state index in [0.29, 0.717) is 44.4 Å². The zero-order valence-electron chi connectivity index (χ0n) is 64.8. The van der Waals surface area contributed by atoms with Gasteiger partial charge >= 0.3 is 6.18 Å². The van der Waals surface area contributed by atoms with E-state index in [9.17, 15) is 41.9 Å². The number of nitrogens with zero attached hydrogens (tertiary/aromatic N) is 9. The Bertz CT molecular complexity index is 3100. The number of carbonyl (C=O) groups excluding carboxylic acids is 12. The molecule has 105 heavy (non-hydrogen) atoms. The lowest BCUT2D eigenvalue weighted by Gasteiger charge is -2.42. The van der Waals surface area contributed by atoms with Gasteiger partial charge in [-0.25, -0.2) is 0 Å². The lowest BCUT2D eigenvalue weighted by Crippen LogP contribution is -2.65. The van der Waals surface area contributed by atoms with Gasteiger partial charge in [0.1, 0.15) is 53.9 Å². The van der Waals surface area contributed by atoms with Crippen LogP contribution < -0.4 is 16.0 Å². The number of hydrogen-bond acceptors (Lipinski definition) is 13. The van der Waals surface area contributed by atoms with E-state index in [1.807, 2.05) is 26.8 Å². The Morgan fingerprint density at radius 1 is 0.676 bits per heavy atom. The summed E-state index contributed by atoms with van der Waals surface area (Å²) in [6.07, 6.45) is 5.98. The van der Waals surface area contributed by atoms with Crippen LogP contribution in [-0.4, -0.2) is 276 Å². The molecule has 7 aliphatic rings. The van der Waals surface area contributed by atoms with Gasteiger partial charge in [0.15, 0.2) is 0 Å². The number of hydrogen-bond donors (Lipinski definition) is 3. The second-order valence-corrected chi connectivity index (χ2v) is 32.8. The first-order valence-corrected chi connectivity index (χ1v) is 39.1. The van der Waals surface area contributed by atoms with Crippen LogP contribution in [0.5, 0.6) is 0 Å². The minimum absolute atomic E-state index is 0.00407. The second-order valence-electron chi connectivity index (χ2n) is 32.3. The van der Waals surface area contributed by atoms with Gasteiger partial charge < -0.3 is 64.8 Å². The van der Waals surface area contributed by atoms with E-state index in [2.05, 4.69) is 22.9 Å². The molecular formula is C76H122ClF3N12O13. The molecule has 25 nitrogen and oxygen atoms in total. The molecule has 0 aromatic heterocycles. The number of likely N-dealkylation sites (N-methyl/N-ethyl adjacent to an activating group) is 7. The highest BCUT2D eigenvalue weighted by molar-refractivity contribution is 6.21. The van der Waals surface area contributed by atoms with Crippen molar-refractivity contribution < 1.29 is 75.4 Å². The Labute approximate surface area is 625 Å². The topological polar surface area (TPSA) is 279 Å². The fraction of sp³-hybridized carbons (Fsp3) is 0.816. The summed E-state index contributed by atoms with van der Waals surface area (Å²) in [5.74, 6) is -10.6. The van der Waals surface area contributed by atoms with Crippen molar-refractivity contribution in [3.05, 3.63) is 12.2 Å². The first kappa shape index (κ1) is 85.7. The quantitative estimate of drug-likeness (QED) is 0.131. The first-order chi connectivity index (χ1) is 49.4. The van der Waals surface area contributed by atoms with Gasteiger partial charge in [-0.15, -0.1) is 11.6 Å². The molecule has 3 aliphatic heterocycles. The van der Waals surface area contributed by atoms with E-state index < -0.39 is 186 Å². The average molecular weight is 1500 g/mol. The molecule has 3 N–H and O–H groups in total. The number of fused-ring (bicyclic) bond motifs is 3. The molecule has 6 fully saturated rings. The maximum atomic E-state index is 15.7. The molecule has 4 aliphatic carbocycles. The third kappa shape index (κ3) is 21.4. The van der Waals surface area contributed by atoms with Gasteiger partial charge in [-0.3, -0.25) is 57.5 Å². The van der Waals surface area contributed by atoms with Gasteiger partial charge in [0.05, 0.1) is 31.5 Å². The molecule has 3 unspecified atom stereocenters. The van der Waals surface area contributed by atoms with Crippen LogP contribution in [-0.2, 0) is 62.3 Å². The van der Waals surface area contributed by atoms with Crippen LogP contribution in [0, 0.1) is 41.4 Å². The molecule has 13 atom stereocenters. The van der Waals surface area contributed by atoms with Crippen LogP contribution >= 0.6 is 11.6 Å². The van der Waals surface area contributed by atoms with Crippen LogP contribution in [0.25, 0.3) is 0 Å². The molecule has 0 aromatic rings. The third-order valence-corrected chi connectivity index (χ3v) is 24.5. The minimum atomic E-state index is -4.53. The van der Waals surface area contributed by atoms with Crippen LogP contribution in [0.2, 0.25) is 0 Å². The van der Waals surface area contributed by atoms with Gasteiger partial charge in [0.2, 0.25) is 70.9 Å². The van der Waals surface area contributed by atoms with E-state index in [4.69, 9.17) is 16.3 Å². The van der Waals surface area contributed by atoms with Crippen molar-refractivity contribution in [2.45, 2.75) is 267 Å². The maximum Gasteiger partial charge on any atom is 0.393 e. The van der Waals surface area contributed by atoms with Crippen molar-refractivity contribution in [2.75, 3.05) is 89.2 Å². The van der Waals surface area contributed by atoms with Crippen LogP contribution in [0.1, 0.15) is 196 Å². The zero-order valence-corrected chi connectivity index (χ0v) is 65.6. The summed E-state index contributed by atoms with van der Waals surface area (Å²) in [5.41, 5.74) is -1.61. The van der Waals surface area contributed by atoms with E-state index in [1.54, 1.807) is 19.9 Å². The van der Waals surface area contributed by atoms with Gasteiger partial charge in [0, 0.05) is 87.9 Å². The Morgan fingerprint density at radius 2 is 1.31 bits per heavy atom. The average Bonchev–Trinajstić information content (AvgIpc) is 1.70. The van der Waals surface area contributed by atoms with Gasteiger partial charge in [-0.05, 0) is 126 Å². The van der Waals surface area contributed by atoms with E-state index in [1.165, 1.54) is 100 Å². The Balaban J connectivity index is 1.32. The van der Waals surface area contributed by atoms with Crippen molar-refractivity contribution in [2.24, 2.45) is 41.4 Å². The van der Waals surface area contributed by atoms with Crippen molar-refractivity contribution >= 4 is 82.5 Å². The lowest BCUT2D eigenvalue weighted by molar-refractivity contribution is -0.182. The summed E-state index contributed by atoms with van der Waals surface area (Å²) in [4.78, 5) is 194. The second kappa shape index (κ2) is 38.0. The van der Waals surface area contributed by atoms with Crippen LogP contribution in [0.3, 0.4) is 0 Å². The summed E-state index contributed by atoms with van der Waals surface area (Å²) >= 11 is 6.46. The smallest absolute Gasteiger partial charge is 0.377 e. The Kier molecular flexibility index (Phi) is 31.0. The summed E-state index contributed by atoms with van der Waals surface area (Å²) in [7, 11) is 11.6. The number of halogens is 4. The van der Waals surface area contributed by atoms with E-state index in [0.717, 1.165) is 38.5 Å². The number of ether oxygens (including phenoxy) is 1. The van der Waals surface area contributed by atoms with Crippen LogP contribution in [0.4, 0.5) is 13.2 Å². The van der Waals surface area contributed by atoms with Crippen molar-refractivity contribution in [3.63, 3.8) is 0 Å². The molecule has 2 saturated heterocycles. The maximum absolute atomic E-state index is 15.7. The highest BCUT2D eigenvalue weighted by atomic mass is 35.5. The first-order valence-electron chi connectivity index (χ1n) is 38.7. The van der Waals surface area contributed by atoms with Gasteiger partial charge in [0.25, 0.3) is 0 Å². The highest BCUT2D eigenvalue weighted by Gasteiger charge is 2.53. The summed E-state index contributed by atoms with van der Waals surface area (Å²) in [5, 5.41) is 7.65. The van der Waals surface area contributed by atoms with Gasteiger partial charge in [-0.1, -0.05) is 105 Å². The third-order valence-electron chi connectivity index (χ3n) is 24.0. The molecule has 2 bridgehead atoms. The van der Waals surface area contributed by atoms with Crippen LogP contribution in [0.15, 0.2) is 12.2 Å². The molecule has 592 valence electrons. The summed E-state index contributed by atoms with van der Waals surface area (Å²) in [6.45, 7) is 10.2. The fourth-order valence-electron chi connectivity index (χ4n) is 17.2. The van der Waals surface area contributed by atoms with E-state index in [-0.39, 0.29) is 102 Å². The SMILES string of the molecule is CCO[C@@H]1C[C@H]2C(=O)NC3(CCCC3)C(=O)N(C)[C@@H](C3CCCC3)C(=O)N(C)[C@H](C(=O)N(C)C)CC(=O)N(C)[C@@H](CC(C)C)C(=O)N[C@@H]([C@@H](C)CC)C(=O)N(C)CC(=O)N(C)[C@H]3C/C=C\CCN(C3=O)[C@@H](CC3CCC(C)CC3)C(=O)N(C)CC(=O)N[C@@H](CCC3CCC(C(F)(F)F)C(Cl)C3)C(=O)N2C1. The molecule has 0 radical (unpaired) electrons. The lowest BCUT2D eigenvalue weighted by atomic mass is 9.78.